The van der Waals surface area contributed by atoms with Crippen LogP contribution in [0.4, 0.5) is 0 Å². The fraction of sp³-hybridized carbons (Fsp3) is 0.500. The number of nitrogens with one attached hydrogen (secondary N) is 1. The summed E-state index contributed by atoms with van der Waals surface area (Å²) in [5.74, 6) is 1.88. The Morgan fingerprint density at radius 1 is 1.11 bits per heavy atom. The predicted octanol–water partition coefficient (Wildman–Crippen LogP) is 3.61. The summed E-state index contributed by atoms with van der Waals surface area (Å²) < 4.78 is 1.43. The van der Waals surface area contributed by atoms with Crippen LogP contribution in [0.15, 0.2) is 35.1 Å². The van der Waals surface area contributed by atoms with E-state index in [0.29, 0.717) is 18.1 Å². The molecule has 6 heteroatoms. The van der Waals surface area contributed by atoms with Gasteiger partial charge in [0.25, 0.3) is 11.3 Å². The van der Waals surface area contributed by atoms with Gasteiger partial charge in [-0.3, -0.25) is 14.8 Å². The van der Waals surface area contributed by atoms with Crippen LogP contribution in [0.3, 0.4) is 0 Å². The van der Waals surface area contributed by atoms with E-state index in [4.69, 9.17) is 0 Å². The molecule has 1 aliphatic heterocycles. The first-order valence-electron chi connectivity index (χ1n) is 10.1. The summed E-state index contributed by atoms with van der Waals surface area (Å²) in [5, 5.41) is 3.09. The van der Waals surface area contributed by atoms with Crippen LogP contribution in [-0.2, 0) is 12.0 Å². The lowest BCUT2D eigenvalue weighted by Gasteiger charge is -2.29. The smallest absolute Gasteiger partial charge is 0.274 e. The van der Waals surface area contributed by atoms with Crippen molar-refractivity contribution in [3.63, 3.8) is 0 Å². The molecule has 4 rings (SSSR count). The first-order chi connectivity index (χ1) is 13.3. The molecule has 0 unspecified atom stereocenters. The summed E-state index contributed by atoms with van der Waals surface area (Å²) in [6, 6.07) is 9.93. The van der Waals surface area contributed by atoms with E-state index in [1.807, 2.05) is 12.1 Å². The molecular formula is C22H29N5O. The molecule has 0 amide bonds. The van der Waals surface area contributed by atoms with Crippen LogP contribution >= 0.6 is 0 Å². The van der Waals surface area contributed by atoms with E-state index in [2.05, 4.69) is 59.8 Å². The number of piperidine rings is 1. The van der Waals surface area contributed by atoms with Gasteiger partial charge in [0.1, 0.15) is 0 Å². The molecular weight excluding hydrogens is 350 g/mol. The Labute approximate surface area is 165 Å². The van der Waals surface area contributed by atoms with Crippen molar-refractivity contribution in [3.8, 4) is 11.4 Å². The Kier molecular flexibility index (Phi) is 4.83. The van der Waals surface area contributed by atoms with E-state index in [0.717, 1.165) is 30.3 Å². The third-order valence-electron chi connectivity index (χ3n) is 5.67. The number of benzene rings is 1. The summed E-state index contributed by atoms with van der Waals surface area (Å²) >= 11 is 0. The van der Waals surface area contributed by atoms with E-state index in [-0.39, 0.29) is 11.0 Å². The Bertz CT molecular complexity index is 1020. The molecule has 3 aromatic rings. The highest BCUT2D eigenvalue weighted by atomic mass is 16.1. The molecule has 0 bridgehead atoms. The maximum atomic E-state index is 12.6. The van der Waals surface area contributed by atoms with E-state index < -0.39 is 0 Å². The van der Waals surface area contributed by atoms with Gasteiger partial charge in [0.2, 0.25) is 0 Å². The molecule has 0 spiro atoms. The van der Waals surface area contributed by atoms with Gasteiger partial charge in [0, 0.05) is 18.2 Å². The summed E-state index contributed by atoms with van der Waals surface area (Å²) in [4.78, 5) is 24.1. The lowest BCUT2D eigenvalue weighted by molar-refractivity contribution is 0.183. The molecule has 148 valence electrons. The number of nitrogens with zero attached hydrogens (tertiary/aromatic N) is 4. The SMILES string of the molecule is CC1CCN(Cc2cc(=O)n3[nH]c(-c4ccc(C(C)(C)C)cc4)nc3n2)CC1. The van der Waals surface area contributed by atoms with Gasteiger partial charge in [-0.2, -0.15) is 9.50 Å². The van der Waals surface area contributed by atoms with Crippen molar-refractivity contribution in [3.05, 3.63) is 51.9 Å². The zero-order chi connectivity index (χ0) is 19.9. The third-order valence-corrected chi connectivity index (χ3v) is 5.67. The molecule has 1 aliphatic rings. The van der Waals surface area contributed by atoms with Crippen molar-refractivity contribution in [1.82, 2.24) is 24.5 Å². The molecule has 1 fully saturated rings. The summed E-state index contributed by atoms with van der Waals surface area (Å²) in [5.41, 5.74) is 2.99. The topological polar surface area (TPSA) is 66.3 Å². The van der Waals surface area contributed by atoms with Crippen molar-refractivity contribution in [2.24, 2.45) is 5.92 Å². The van der Waals surface area contributed by atoms with E-state index in [1.165, 1.54) is 22.9 Å². The molecule has 3 heterocycles. The van der Waals surface area contributed by atoms with Crippen LogP contribution in [0.25, 0.3) is 17.2 Å². The maximum absolute atomic E-state index is 12.6. The molecule has 28 heavy (non-hydrogen) atoms. The number of hydrogen-bond acceptors (Lipinski definition) is 4. The minimum Gasteiger partial charge on any atom is -0.297 e. The lowest BCUT2D eigenvalue weighted by Crippen LogP contribution is -2.33. The van der Waals surface area contributed by atoms with Gasteiger partial charge < -0.3 is 0 Å². The normalized spacial score (nSPS) is 16.7. The number of rotatable bonds is 3. The van der Waals surface area contributed by atoms with Gasteiger partial charge in [0.05, 0.1) is 5.69 Å². The summed E-state index contributed by atoms with van der Waals surface area (Å²) in [7, 11) is 0. The van der Waals surface area contributed by atoms with E-state index in [9.17, 15) is 4.79 Å². The van der Waals surface area contributed by atoms with E-state index in [1.54, 1.807) is 6.07 Å². The van der Waals surface area contributed by atoms with Gasteiger partial charge in [0.15, 0.2) is 5.82 Å². The van der Waals surface area contributed by atoms with Gasteiger partial charge in [-0.05, 0) is 42.8 Å². The molecule has 6 nitrogen and oxygen atoms in total. The number of aromatic amines is 1. The second-order valence-corrected chi connectivity index (χ2v) is 9.08. The number of fused-ring (bicyclic) bond motifs is 1. The first kappa shape index (κ1) is 18.9. The average molecular weight is 380 g/mol. The number of hydrogen-bond donors (Lipinski definition) is 1. The highest BCUT2D eigenvalue weighted by Gasteiger charge is 2.18. The van der Waals surface area contributed by atoms with Crippen molar-refractivity contribution >= 4 is 5.78 Å². The van der Waals surface area contributed by atoms with Gasteiger partial charge in [-0.15, -0.1) is 0 Å². The minimum absolute atomic E-state index is 0.103. The van der Waals surface area contributed by atoms with Gasteiger partial charge >= 0.3 is 0 Å². The van der Waals surface area contributed by atoms with Crippen molar-refractivity contribution < 1.29 is 0 Å². The lowest BCUT2D eigenvalue weighted by atomic mass is 9.87. The first-order valence-corrected chi connectivity index (χ1v) is 10.1. The Morgan fingerprint density at radius 3 is 2.43 bits per heavy atom. The third kappa shape index (κ3) is 3.87. The van der Waals surface area contributed by atoms with Crippen LogP contribution in [0.2, 0.25) is 0 Å². The zero-order valence-corrected chi connectivity index (χ0v) is 17.2. The Hall–Kier alpha value is -2.47. The zero-order valence-electron chi connectivity index (χ0n) is 17.2. The van der Waals surface area contributed by atoms with Crippen molar-refractivity contribution in [2.75, 3.05) is 13.1 Å². The molecule has 0 radical (unpaired) electrons. The predicted molar refractivity (Wildman–Crippen MR) is 111 cm³/mol. The largest absolute Gasteiger partial charge is 0.297 e. The molecule has 1 saturated heterocycles. The molecule has 0 saturated carbocycles. The average Bonchev–Trinajstić information content (AvgIpc) is 3.08. The second-order valence-electron chi connectivity index (χ2n) is 9.08. The molecule has 1 aromatic carbocycles. The minimum atomic E-state index is -0.115. The van der Waals surface area contributed by atoms with Crippen molar-refractivity contribution in [1.29, 1.82) is 0 Å². The maximum Gasteiger partial charge on any atom is 0.274 e. The van der Waals surface area contributed by atoms with Crippen LogP contribution in [0.5, 0.6) is 0 Å². The number of likely N-dealkylation sites (tertiary alicyclic amines) is 1. The number of H-pyrrole nitrogens is 1. The van der Waals surface area contributed by atoms with Gasteiger partial charge in [-0.25, -0.2) is 4.98 Å². The summed E-state index contributed by atoms with van der Waals surface area (Å²) in [6.45, 7) is 11.7. The molecule has 0 aliphatic carbocycles. The molecule has 2 aromatic heterocycles. The van der Waals surface area contributed by atoms with Crippen LogP contribution in [-0.4, -0.2) is 37.6 Å². The Morgan fingerprint density at radius 2 is 1.79 bits per heavy atom. The summed E-state index contributed by atoms with van der Waals surface area (Å²) in [6.07, 6.45) is 2.41. The van der Waals surface area contributed by atoms with Crippen molar-refractivity contribution in [2.45, 2.75) is 52.5 Å². The highest BCUT2D eigenvalue weighted by molar-refractivity contribution is 5.57. The molecule has 1 N–H and O–H groups in total. The van der Waals surface area contributed by atoms with Crippen LogP contribution in [0.1, 0.15) is 51.8 Å². The fourth-order valence-corrected chi connectivity index (χ4v) is 3.71. The van der Waals surface area contributed by atoms with Crippen LogP contribution in [0, 0.1) is 5.92 Å². The standard InChI is InChI=1S/C22H29N5O/c1-15-9-11-26(12-10-15)14-18-13-19(28)27-21(23-18)24-20(25-27)16-5-7-17(8-6-16)22(2,3)4/h5-8,13,15H,9-12,14H2,1-4H3,(H,23,24,25). The molecule has 0 atom stereocenters. The highest BCUT2D eigenvalue weighted by Crippen LogP contribution is 2.25. The quantitative estimate of drug-likeness (QED) is 0.755. The van der Waals surface area contributed by atoms with Crippen LogP contribution < -0.4 is 5.56 Å². The van der Waals surface area contributed by atoms with Gasteiger partial charge in [-0.1, -0.05) is 52.0 Å². The Balaban J connectivity index is 1.60. The number of aromatic nitrogens is 4. The monoisotopic (exact) mass is 379 g/mol. The van der Waals surface area contributed by atoms with E-state index >= 15 is 0 Å². The fourth-order valence-electron chi connectivity index (χ4n) is 3.71. The second kappa shape index (κ2) is 7.17.